The van der Waals surface area contributed by atoms with E-state index in [2.05, 4.69) is 10.6 Å². The Balaban J connectivity index is 1.84. The molecule has 0 aromatic heterocycles. The quantitative estimate of drug-likeness (QED) is 0.755. The Morgan fingerprint density at radius 3 is 2.55 bits per heavy atom. The number of aliphatic hydroxyl groups excluding tert-OH is 1. The summed E-state index contributed by atoms with van der Waals surface area (Å²) in [5, 5.41) is 15.2. The second kappa shape index (κ2) is 8.76. The first-order chi connectivity index (χ1) is 10.7. The van der Waals surface area contributed by atoms with Gasteiger partial charge in [-0.2, -0.15) is 0 Å². The van der Waals surface area contributed by atoms with Gasteiger partial charge in [0.05, 0.1) is 12.6 Å². The van der Waals surface area contributed by atoms with Crippen molar-refractivity contribution < 1.29 is 14.6 Å². The number of carbonyl (C=O) groups excluding carboxylic acids is 1. The zero-order valence-corrected chi connectivity index (χ0v) is 13.1. The third kappa shape index (κ3) is 5.00. The molecule has 1 aliphatic carbocycles. The minimum Gasteiger partial charge on any atom is -0.396 e. The number of rotatable bonds is 6. The lowest BCUT2D eigenvalue weighted by atomic mass is 9.87. The van der Waals surface area contributed by atoms with Crippen LogP contribution in [-0.2, 0) is 4.74 Å². The van der Waals surface area contributed by atoms with Crippen LogP contribution in [0, 0.1) is 5.92 Å². The van der Waals surface area contributed by atoms with Gasteiger partial charge in [0.1, 0.15) is 0 Å². The highest BCUT2D eigenvalue weighted by molar-refractivity contribution is 5.74. The van der Waals surface area contributed by atoms with E-state index in [1.54, 1.807) is 7.11 Å². The molecule has 5 nitrogen and oxygen atoms in total. The summed E-state index contributed by atoms with van der Waals surface area (Å²) in [6.07, 6.45) is 3.81. The predicted octanol–water partition coefficient (Wildman–Crippen LogP) is 2.22. The molecule has 2 amide bonds. The summed E-state index contributed by atoms with van der Waals surface area (Å²) in [5.74, 6) is 0.395. The van der Waals surface area contributed by atoms with Crippen LogP contribution in [0.4, 0.5) is 4.79 Å². The molecule has 5 heteroatoms. The molecule has 1 aromatic rings. The van der Waals surface area contributed by atoms with Gasteiger partial charge >= 0.3 is 6.03 Å². The van der Waals surface area contributed by atoms with Crippen LogP contribution < -0.4 is 10.6 Å². The summed E-state index contributed by atoms with van der Waals surface area (Å²) < 4.78 is 5.21. The average molecular weight is 306 g/mol. The molecule has 0 saturated heterocycles. The number of nitrogens with one attached hydrogen (secondary N) is 2. The van der Waals surface area contributed by atoms with Gasteiger partial charge in [-0.15, -0.1) is 0 Å². The molecule has 0 heterocycles. The number of hydrogen-bond donors (Lipinski definition) is 3. The Kier molecular flexibility index (Phi) is 6.68. The second-order valence-corrected chi connectivity index (χ2v) is 5.94. The van der Waals surface area contributed by atoms with Crippen LogP contribution in [0.5, 0.6) is 0 Å². The van der Waals surface area contributed by atoms with Crippen LogP contribution in [-0.4, -0.2) is 37.5 Å². The van der Waals surface area contributed by atoms with Crippen molar-refractivity contribution in [3.63, 3.8) is 0 Å². The molecule has 122 valence electrons. The van der Waals surface area contributed by atoms with Gasteiger partial charge in [-0.3, -0.25) is 0 Å². The van der Waals surface area contributed by atoms with Gasteiger partial charge in [0.2, 0.25) is 0 Å². The van der Waals surface area contributed by atoms with Gasteiger partial charge in [-0.1, -0.05) is 30.3 Å². The number of benzene rings is 1. The lowest BCUT2D eigenvalue weighted by molar-refractivity contribution is 0.160. The van der Waals surface area contributed by atoms with Crippen molar-refractivity contribution in [2.75, 3.05) is 20.3 Å². The molecule has 3 N–H and O–H groups in total. The van der Waals surface area contributed by atoms with Crippen LogP contribution in [0.25, 0.3) is 0 Å². The number of carbonyl (C=O) groups is 1. The first-order valence-corrected chi connectivity index (χ1v) is 7.94. The number of aliphatic hydroxyl groups is 1. The van der Waals surface area contributed by atoms with Crippen molar-refractivity contribution in [2.45, 2.75) is 37.8 Å². The molecule has 1 atom stereocenters. The van der Waals surface area contributed by atoms with Gasteiger partial charge in [-0.05, 0) is 37.2 Å². The van der Waals surface area contributed by atoms with E-state index in [9.17, 15) is 4.79 Å². The van der Waals surface area contributed by atoms with Gasteiger partial charge in [0.15, 0.2) is 0 Å². The van der Waals surface area contributed by atoms with Crippen LogP contribution in [0.2, 0.25) is 0 Å². The normalized spacial score (nSPS) is 22.8. The maximum Gasteiger partial charge on any atom is 0.315 e. The summed E-state index contributed by atoms with van der Waals surface area (Å²) >= 11 is 0. The smallest absolute Gasteiger partial charge is 0.315 e. The Morgan fingerprint density at radius 2 is 1.95 bits per heavy atom. The molecule has 1 aliphatic rings. The number of urea groups is 1. The van der Waals surface area contributed by atoms with Crippen LogP contribution in [0.3, 0.4) is 0 Å². The zero-order valence-electron chi connectivity index (χ0n) is 13.1. The maximum atomic E-state index is 12.2. The molecular formula is C17H26N2O3. The molecule has 2 rings (SSSR count). The minimum atomic E-state index is -0.154. The van der Waals surface area contributed by atoms with Crippen molar-refractivity contribution in [3.8, 4) is 0 Å². The average Bonchev–Trinajstić information content (AvgIpc) is 2.56. The number of hydrogen-bond acceptors (Lipinski definition) is 3. The fourth-order valence-corrected chi connectivity index (χ4v) is 2.95. The molecule has 1 fully saturated rings. The SMILES string of the molecule is COCC(NC(=O)NC1CCC(CO)CC1)c1ccccc1. The third-order valence-corrected chi connectivity index (χ3v) is 4.28. The number of ether oxygens (including phenoxy) is 1. The monoisotopic (exact) mass is 306 g/mol. The van der Waals surface area contributed by atoms with Crippen LogP contribution >= 0.6 is 0 Å². The van der Waals surface area contributed by atoms with E-state index < -0.39 is 0 Å². The van der Waals surface area contributed by atoms with Gasteiger partial charge < -0.3 is 20.5 Å². The highest BCUT2D eigenvalue weighted by Crippen LogP contribution is 2.23. The Bertz CT molecular complexity index is 444. The van der Waals surface area contributed by atoms with Gasteiger partial charge in [0, 0.05) is 19.8 Å². The number of methoxy groups -OCH3 is 1. The van der Waals surface area contributed by atoms with Crippen molar-refractivity contribution in [1.82, 2.24) is 10.6 Å². The Labute approximate surface area is 132 Å². The Morgan fingerprint density at radius 1 is 1.27 bits per heavy atom. The summed E-state index contributed by atoms with van der Waals surface area (Å²) in [7, 11) is 1.63. The van der Waals surface area contributed by atoms with Crippen molar-refractivity contribution in [3.05, 3.63) is 35.9 Å². The highest BCUT2D eigenvalue weighted by Gasteiger charge is 2.23. The van der Waals surface area contributed by atoms with E-state index in [1.165, 1.54) is 0 Å². The van der Waals surface area contributed by atoms with E-state index in [0.717, 1.165) is 31.2 Å². The summed E-state index contributed by atoms with van der Waals surface area (Å²) in [6.45, 7) is 0.692. The van der Waals surface area contributed by atoms with Crippen molar-refractivity contribution >= 4 is 6.03 Å². The molecule has 0 bridgehead atoms. The third-order valence-electron chi connectivity index (χ3n) is 4.28. The zero-order chi connectivity index (χ0) is 15.8. The Hall–Kier alpha value is -1.59. The molecule has 1 unspecified atom stereocenters. The highest BCUT2D eigenvalue weighted by atomic mass is 16.5. The van der Waals surface area contributed by atoms with Gasteiger partial charge in [-0.25, -0.2) is 4.79 Å². The van der Waals surface area contributed by atoms with E-state index in [0.29, 0.717) is 12.5 Å². The molecule has 0 radical (unpaired) electrons. The lowest BCUT2D eigenvalue weighted by Crippen LogP contribution is -2.45. The summed E-state index contributed by atoms with van der Waals surface area (Å²) in [6, 6.07) is 9.71. The largest absolute Gasteiger partial charge is 0.396 e. The molecule has 0 spiro atoms. The number of amides is 2. The minimum absolute atomic E-state index is 0.153. The summed E-state index contributed by atoms with van der Waals surface area (Å²) in [4.78, 5) is 12.2. The lowest BCUT2D eigenvalue weighted by Gasteiger charge is -2.29. The molecule has 1 aromatic carbocycles. The fraction of sp³-hybridized carbons (Fsp3) is 0.588. The van der Waals surface area contributed by atoms with E-state index in [-0.39, 0.29) is 24.7 Å². The first kappa shape index (κ1) is 16.8. The van der Waals surface area contributed by atoms with Gasteiger partial charge in [0.25, 0.3) is 0 Å². The molecule has 1 saturated carbocycles. The summed E-state index contributed by atoms with van der Waals surface area (Å²) in [5.41, 5.74) is 1.03. The molecule has 22 heavy (non-hydrogen) atoms. The van der Waals surface area contributed by atoms with E-state index in [1.807, 2.05) is 30.3 Å². The predicted molar refractivity (Wildman–Crippen MR) is 85.6 cm³/mol. The topological polar surface area (TPSA) is 70.6 Å². The van der Waals surface area contributed by atoms with Crippen molar-refractivity contribution in [1.29, 1.82) is 0 Å². The van der Waals surface area contributed by atoms with Crippen LogP contribution in [0.15, 0.2) is 30.3 Å². The second-order valence-electron chi connectivity index (χ2n) is 5.94. The maximum absolute atomic E-state index is 12.2. The molecule has 0 aliphatic heterocycles. The first-order valence-electron chi connectivity index (χ1n) is 7.94. The fourth-order valence-electron chi connectivity index (χ4n) is 2.95. The van der Waals surface area contributed by atoms with E-state index >= 15 is 0 Å². The molecular weight excluding hydrogens is 280 g/mol. The van der Waals surface area contributed by atoms with Crippen molar-refractivity contribution in [2.24, 2.45) is 5.92 Å². The van der Waals surface area contributed by atoms with Crippen LogP contribution in [0.1, 0.15) is 37.3 Å². The standard InChI is InChI=1S/C17H26N2O3/c1-22-12-16(14-5-3-2-4-6-14)19-17(21)18-15-9-7-13(11-20)8-10-15/h2-6,13,15-16,20H,7-12H2,1H3,(H2,18,19,21). The van der Waals surface area contributed by atoms with E-state index in [4.69, 9.17) is 9.84 Å².